The molecule has 0 nitrogen and oxygen atoms in total. The van der Waals surface area contributed by atoms with Crippen molar-refractivity contribution >= 4 is 17.2 Å². The van der Waals surface area contributed by atoms with Gasteiger partial charge < -0.3 is 0 Å². The number of allylic oxidation sites excluding steroid dienone is 3. The van der Waals surface area contributed by atoms with Gasteiger partial charge in [-0.05, 0) is 29.7 Å². The lowest BCUT2D eigenvalue weighted by atomic mass is 10.4. The van der Waals surface area contributed by atoms with Crippen LogP contribution in [0.1, 0.15) is 13.3 Å². The van der Waals surface area contributed by atoms with Crippen molar-refractivity contribution in [2.45, 2.75) is 13.3 Å². The van der Waals surface area contributed by atoms with Crippen molar-refractivity contribution in [1.82, 2.24) is 0 Å². The molecule has 0 radical (unpaired) electrons. The van der Waals surface area contributed by atoms with Gasteiger partial charge in [0.1, 0.15) is 0 Å². The molecule has 0 amide bonds. The van der Waals surface area contributed by atoms with Crippen LogP contribution in [0.15, 0.2) is 18.2 Å². The third-order valence-corrected chi connectivity index (χ3v) is 0.672. The quantitative estimate of drug-likeness (QED) is 0.389. The highest BCUT2D eigenvalue weighted by atomic mass is 32.1. The van der Waals surface area contributed by atoms with Crippen LogP contribution in [0.25, 0.3) is 0 Å². The van der Waals surface area contributed by atoms with Crippen LogP contribution in [0, 0.1) is 0 Å². The van der Waals surface area contributed by atoms with Crippen LogP contribution >= 0.6 is 12.2 Å². The fraction of sp³-hybridized carbons (Fsp3) is 0.333. The Balaban J connectivity index is 3.27. The summed E-state index contributed by atoms with van der Waals surface area (Å²) >= 11 is 4.41. The summed E-state index contributed by atoms with van der Waals surface area (Å²) in [6, 6.07) is 0. The van der Waals surface area contributed by atoms with Gasteiger partial charge in [0.25, 0.3) is 0 Å². The second kappa shape index (κ2) is 5.61. The van der Waals surface area contributed by atoms with Crippen LogP contribution in [-0.2, 0) is 0 Å². The Bertz CT molecular complexity index is 96.7. The molecule has 0 bridgehead atoms. The Morgan fingerprint density at radius 1 is 1.71 bits per heavy atom. The fourth-order valence-corrected chi connectivity index (χ4v) is 0.322. The van der Waals surface area contributed by atoms with Crippen LogP contribution in [0.4, 0.5) is 0 Å². The average Bonchev–Trinajstić information content (AvgIpc) is 1.69. The number of hydrogen-bond acceptors (Lipinski definition) is 1. The van der Waals surface area contributed by atoms with E-state index < -0.39 is 0 Å². The first-order valence-electron chi connectivity index (χ1n) is 2.27. The third kappa shape index (κ3) is 5.61. The Morgan fingerprint density at radius 2 is 2.43 bits per heavy atom. The zero-order valence-corrected chi connectivity index (χ0v) is 5.16. The van der Waals surface area contributed by atoms with Gasteiger partial charge in [0, 0.05) is 0 Å². The molecule has 38 valence electrons. The van der Waals surface area contributed by atoms with Gasteiger partial charge in [-0.15, -0.1) is 0 Å². The van der Waals surface area contributed by atoms with E-state index in [0.717, 1.165) is 6.42 Å². The number of hydrogen-bond donors (Lipinski definition) is 0. The molecule has 0 rings (SSSR count). The maximum atomic E-state index is 4.41. The van der Waals surface area contributed by atoms with Crippen molar-refractivity contribution in [3.05, 3.63) is 18.2 Å². The van der Waals surface area contributed by atoms with Gasteiger partial charge in [0.05, 0.1) is 0 Å². The summed E-state index contributed by atoms with van der Waals surface area (Å²) in [6.07, 6.45) is 6.71. The van der Waals surface area contributed by atoms with E-state index in [1.54, 1.807) is 6.08 Å². The number of rotatable bonds is 2. The first kappa shape index (κ1) is 6.61. The SMILES string of the molecule is CCC=CC=C=S. The highest BCUT2D eigenvalue weighted by Gasteiger charge is 1.57. The van der Waals surface area contributed by atoms with Gasteiger partial charge in [-0.3, -0.25) is 0 Å². The average molecular weight is 112 g/mol. The molecular weight excluding hydrogens is 104 g/mol. The highest BCUT2D eigenvalue weighted by molar-refractivity contribution is 7.78. The fourth-order valence-electron chi connectivity index (χ4n) is 0.243. The normalized spacial score (nSPS) is 8.71. The van der Waals surface area contributed by atoms with Crippen LogP contribution in [0.3, 0.4) is 0 Å². The molecule has 0 saturated carbocycles. The second-order valence-electron chi connectivity index (χ2n) is 1.12. The van der Waals surface area contributed by atoms with Gasteiger partial charge in [-0.1, -0.05) is 19.1 Å². The molecule has 0 fully saturated rings. The van der Waals surface area contributed by atoms with E-state index in [-0.39, 0.29) is 0 Å². The van der Waals surface area contributed by atoms with Crippen LogP contribution in [0.2, 0.25) is 0 Å². The maximum Gasteiger partial charge on any atom is -0.00869 e. The van der Waals surface area contributed by atoms with Gasteiger partial charge in [-0.2, -0.15) is 0 Å². The molecule has 0 aliphatic carbocycles. The predicted octanol–water partition coefficient (Wildman–Crippen LogP) is 2.11. The first-order chi connectivity index (χ1) is 3.41. The van der Waals surface area contributed by atoms with E-state index >= 15 is 0 Å². The van der Waals surface area contributed by atoms with E-state index in [4.69, 9.17) is 0 Å². The van der Waals surface area contributed by atoms with Crippen LogP contribution in [-0.4, -0.2) is 5.02 Å². The van der Waals surface area contributed by atoms with Crippen molar-refractivity contribution in [1.29, 1.82) is 0 Å². The molecule has 0 heterocycles. The van der Waals surface area contributed by atoms with Crippen molar-refractivity contribution in [2.75, 3.05) is 0 Å². The van der Waals surface area contributed by atoms with Crippen molar-refractivity contribution < 1.29 is 0 Å². The molecule has 0 unspecified atom stereocenters. The Kier molecular flexibility index (Phi) is 5.30. The molecular formula is C6H8S. The molecule has 0 aromatic carbocycles. The molecule has 1 heteroatoms. The topological polar surface area (TPSA) is 0 Å². The summed E-state index contributed by atoms with van der Waals surface area (Å²) in [6.45, 7) is 2.08. The number of thiocarbonyl (C=S) groups is 1. The van der Waals surface area contributed by atoms with Gasteiger partial charge in [0.2, 0.25) is 0 Å². The highest BCUT2D eigenvalue weighted by Crippen LogP contribution is 1.76. The van der Waals surface area contributed by atoms with E-state index in [9.17, 15) is 0 Å². The molecule has 0 aliphatic rings. The first-order valence-corrected chi connectivity index (χ1v) is 2.68. The lowest BCUT2D eigenvalue weighted by Gasteiger charge is -1.67. The molecule has 0 aromatic rings. The summed E-state index contributed by atoms with van der Waals surface area (Å²) in [5.74, 6) is 0. The van der Waals surface area contributed by atoms with Gasteiger partial charge >= 0.3 is 0 Å². The van der Waals surface area contributed by atoms with Gasteiger partial charge in [0.15, 0.2) is 0 Å². The molecule has 0 atom stereocenters. The summed E-state index contributed by atoms with van der Waals surface area (Å²) in [7, 11) is 0. The van der Waals surface area contributed by atoms with E-state index in [1.165, 1.54) is 0 Å². The predicted molar refractivity (Wildman–Crippen MR) is 36.6 cm³/mol. The third-order valence-electron chi connectivity index (χ3n) is 0.536. The molecule has 0 saturated heterocycles. The minimum absolute atomic E-state index is 1.06. The Morgan fingerprint density at radius 3 is 2.86 bits per heavy atom. The van der Waals surface area contributed by atoms with Gasteiger partial charge in [-0.25, -0.2) is 0 Å². The summed E-state index contributed by atoms with van der Waals surface area (Å²) < 4.78 is 0. The van der Waals surface area contributed by atoms with Crippen molar-refractivity contribution in [2.24, 2.45) is 0 Å². The Labute approximate surface area is 49.5 Å². The smallest absolute Gasteiger partial charge is 0.00869 e. The monoisotopic (exact) mass is 112 g/mol. The van der Waals surface area contributed by atoms with Crippen molar-refractivity contribution in [3.63, 3.8) is 0 Å². The minimum Gasteiger partial charge on any atom is -0.0842 e. The zero-order valence-electron chi connectivity index (χ0n) is 4.35. The minimum atomic E-state index is 1.06. The van der Waals surface area contributed by atoms with E-state index in [0.29, 0.717) is 0 Å². The molecule has 0 N–H and O–H groups in total. The van der Waals surface area contributed by atoms with Crippen molar-refractivity contribution in [3.8, 4) is 0 Å². The standard InChI is InChI=1S/C6H8S/c1-2-3-4-5-6-7/h3-5H,2H2,1H3. The lowest BCUT2D eigenvalue weighted by molar-refractivity contribution is 1.22. The lowest BCUT2D eigenvalue weighted by Crippen LogP contribution is -1.49. The summed E-state index contributed by atoms with van der Waals surface area (Å²) in [4.78, 5) is 0. The Hall–Kier alpha value is -0.390. The molecule has 0 aromatic heterocycles. The van der Waals surface area contributed by atoms with Crippen LogP contribution < -0.4 is 0 Å². The van der Waals surface area contributed by atoms with E-state index in [1.807, 2.05) is 12.2 Å². The zero-order chi connectivity index (χ0) is 5.54. The van der Waals surface area contributed by atoms with Crippen LogP contribution in [0.5, 0.6) is 0 Å². The van der Waals surface area contributed by atoms with E-state index in [2.05, 4.69) is 24.2 Å². The molecule has 7 heavy (non-hydrogen) atoms. The second-order valence-corrected chi connectivity index (χ2v) is 1.36. The largest absolute Gasteiger partial charge is 0.0842 e. The summed E-state index contributed by atoms with van der Waals surface area (Å²) in [5, 5.41) is 2.47. The molecule has 0 spiro atoms. The molecule has 0 aliphatic heterocycles. The maximum absolute atomic E-state index is 4.41. The summed E-state index contributed by atoms with van der Waals surface area (Å²) in [5.41, 5.74) is 0.